The van der Waals surface area contributed by atoms with Gasteiger partial charge in [-0.05, 0) is 62.1 Å². The van der Waals surface area contributed by atoms with Gasteiger partial charge >= 0.3 is 0 Å². The fourth-order valence-electron chi connectivity index (χ4n) is 3.27. The van der Waals surface area contributed by atoms with Crippen LogP contribution in [0.15, 0.2) is 47.4 Å². The van der Waals surface area contributed by atoms with Crippen LogP contribution < -0.4 is 10.0 Å². The van der Waals surface area contributed by atoms with Crippen LogP contribution >= 0.6 is 0 Å². The SMILES string of the molecule is Cc1ccc(C)c(S(=O)(=O)Nc2cccc(C(=O)NC3CCCC3)c2)c1. The normalized spacial score (nSPS) is 15.0. The van der Waals surface area contributed by atoms with E-state index in [4.69, 9.17) is 0 Å². The third-order valence-electron chi connectivity index (χ3n) is 4.70. The quantitative estimate of drug-likeness (QED) is 0.839. The van der Waals surface area contributed by atoms with Gasteiger partial charge in [-0.15, -0.1) is 0 Å². The van der Waals surface area contributed by atoms with Crippen molar-refractivity contribution in [3.05, 3.63) is 59.2 Å². The predicted octanol–water partition coefficient (Wildman–Crippen LogP) is 3.78. The van der Waals surface area contributed by atoms with E-state index < -0.39 is 10.0 Å². The van der Waals surface area contributed by atoms with Gasteiger partial charge in [-0.2, -0.15) is 0 Å². The standard InChI is InChI=1S/C20H24N2O3S/c1-14-10-11-15(2)19(12-14)26(24,25)22-18-9-5-6-16(13-18)20(23)21-17-7-3-4-8-17/h5-6,9-13,17,22H,3-4,7-8H2,1-2H3,(H,21,23). The largest absolute Gasteiger partial charge is 0.349 e. The number of carbonyl (C=O) groups excluding carboxylic acids is 1. The Morgan fingerprint density at radius 2 is 1.77 bits per heavy atom. The molecule has 26 heavy (non-hydrogen) atoms. The number of nitrogens with one attached hydrogen (secondary N) is 2. The summed E-state index contributed by atoms with van der Waals surface area (Å²) in [5, 5.41) is 3.02. The second-order valence-corrected chi connectivity index (χ2v) is 8.56. The first-order chi connectivity index (χ1) is 12.3. The van der Waals surface area contributed by atoms with E-state index in [1.165, 1.54) is 0 Å². The Kier molecular flexibility index (Phi) is 5.32. The maximum Gasteiger partial charge on any atom is 0.262 e. The van der Waals surface area contributed by atoms with Crippen molar-refractivity contribution in [3.63, 3.8) is 0 Å². The van der Waals surface area contributed by atoms with Crippen molar-refractivity contribution in [2.24, 2.45) is 0 Å². The zero-order valence-electron chi connectivity index (χ0n) is 15.1. The lowest BCUT2D eigenvalue weighted by atomic mass is 10.1. The number of hydrogen-bond acceptors (Lipinski definition) is 3. The molecule has 0 saturated heterocycles. The van der Waals surface area contributed by atoms with Crippen LogP contribution in [0, 0.1) is 13.8 Å². The Morgan fingerprint density at radius 1 is 1.04 bits per heavy atom. The number of anilines is 1. The Balaban J connectivity index is 1.79. The zero-order chi connectivity index (χ0) is 18.7. The van der Waals surface area contributed by atoms with E-state index >= 15 is 0 Å². The molecule has 1 amide bonds. The number of amides is 1. The average molecular weight is 372 g/mol. The first kappa shape index (κ1) is 18.5. The highest BCUT2D eigenvalue weighted by Crippen LogP contribution is 2.22. The average Bonchev–Trinajstić information content (AvgIpc) is 3.09. The van der Waals surface area contributed by atoms with Gasteiger partial charge < -0.3 is 5.32 Å². The third-order valence-corrected chi connectivity index (χ3v) is 6.22. The van der Waals surface area contributed by atoms with Gasteiger partial charge in [0.05, 0.1) is 4.90 Å². The molecule has 1 fully saturated rings. The second-order valence-electron chi connectivity index (χ2n) is 6.91. The Hall–Kier alpha value is -2.34. The minimum absolute atomic E-state index is 0.162. The summed E-state index contributed by atoms with van der Waals surface area (Å²) in [5.74, 6) is -0.162. The second kappa shape index (κ2) is 7.50. The number of carbonyl (C=O) groups is 1. The van der Waals surface area contributed by atoms with Crippen molar-refractivity contribution >= 4 is 21.6 Å². The van der Waals surface area contributed by atoms with E-state index in [2.05, 4.69) is 10.0 Å². The van der Waals surface area contributed by atoms with Crippen LogP contribution in [0.3, 0.4) is 0 Å². The highest BCUT2D eigenvalue weighted by Gasteiger charge is 2.20. The molecule has 2 aromatic rings. The summed E-state index contributed by atoms with van der Waals surface area (Å²) in [6, 6.07) is 12.1. The molecule has 6 heteroatoms. The van der Waals surface area contributed by atoms with Crippen molar-refractivity contribution in [1.29, 1.82) is 0 Å². The maximum atomic E-state index is 12.7. The Morgan fingerprint density at radius 3 is 2.50 bits per heavy atom. The van der Waals surface area contributed by atoms with Crippen LogP contribution in [0.4, 0.5) is 5.69 Å². The molecule has 1 saturated carbocycles. The fourth-order valence-corrected chi connectivity index (χ4v) is 4.65. The van der Waals surface area contributed by atoms with E-state index in [9.17, 15) is 13.2 Å². The first-order valence-corrected chi connectivity index (χ1v) is 10.3. The van der Waals surface area contributed by atoms with Crippen molar-refractivity contribution in [2.45, 2.75) is 50.5 Å². The van der Waals surface area contributed by atoms with Crippen LogP contribution in [-0.2, 0) is 10.0 Å². The topological polar surface area (TPSA) is 75.3 Å². The lowest BCUT2D eigenvalue weighted by Crippen LogP contribution is -2.32. The van der Waals surface area contributed by atoms with E-state index in [1.54, 1.807) is 43.3 Å². The molecule has 0 radical (unpaired) electrons. The van der Waals surface area contributed by atoms with E-state index in [1.807, 2.05) is 13.0 Å². The molecule has 0 atom stereocenters. The van der Waals surface area contributed by atoms with Crippen LogP contribution in [0.5, 0.6) is 0 Å². The van der Waals surface area contributed by atoms with Crippen molar-refractivity contribution in [2.75, 3.05) is 4.72 Å². The van der Waals surface area contributed by atoms with Crippen LogP contribution in [0.2, 0.25) is 0 Å². The van der Waals surface area contributed by atoms with Gasteiger partial charge in [0, 0.05) is 17.3 Å². The molecule has 2 aromatic carbocycles. The third kappa shape index (κ3) is 4.25. The number of aryl methyl sites for hydroxylation is 2. The van der Waals surface area contributed by atoms with Crippen LogP contribution in [-0.4, -0.2) is 20.4 Å². The molecule has 0 heterocycles. The summed E-state index contributed by atoms with van der Waals surface area (Å²) < 4.78 is 28.0. The number of hydrogen-bond donors (Lipinski definition) is 2. The molecule has 2 N–H and O–H groups in total. The molecule has 0 unspecified atom stereocenters. The molecule has 1 aliphatic carbocycles. The van der Waals surface area contributed by atoms with Crippen molar-refractivity contribution in [3.8, 4) is 0 Å². The zero-order valence-corrected chi connectivity index (χ0v) is 15.9. The minimum Gasteiger partial charge on any atom is -0.349 e. The Labute approximate surface area is 154 Å². The van der Waals surface area contributed by atoms with Gasteiger partial charge in [-0.3, -0.25) is 9.52 Å². The van der Waals surface area contributed by atoms with Gasteiger partial charge in [0.2, 0.25) is 0 Å². The molecule has 3 rings (SSSR count). The highest BCUT2D eigenvalue weighted by atomic mass is 32.2. The van der Waals surface area contributed by atoms with Gasteiger partial charge in [-0.25, -0.2) is 8.42 Å². The minimum atomic E-state index is -3.71. The van der Waals surface area contributed by atoms with Crippen LogP contribution in [0.1, 0.15) is 47.2 Å². The van der Waals surface area contributed by atoms with E-state index in [0.29, 0.717) is 16.8 Å². The van der Waals surface area contributed by atoms with E-state index in [0.717, 1.165) is 31.2 Å². The monoisotopic (exact) mass is 372 g/mol. The lowest BCUT2D eigenvalue weighted by Gasteiger charge is -2.14. The lowest BCUT2D eigenvalue weighted by molar-refractivity contribution is 0.0938. The molecular formula is C20H24N2O3S. The first-order valence-electron chi connectivity index (χ1n) is 8.86. The fraction of sp³-hybridized carbons (Fsp3) is 0.350. The van der Waals surface area contributed by atoms with Crippen molar-refractivity contribution in [1.82, 2.24) is 5.32 Å². The molecule has 0 aliphatic heterocycles. The predicted molar refractivity (Wildman–Crippen MR) is 103 cm³/mol. The summed E-state index contributed by atoms with van der Waals surface area (Å²) in [6.45, 7) is 3.62. The van der Waals surface area contributed by atoms with Gasteiger partial charge in [-0.1, -0.05) is 31.0 Å². The molecule has 5 nitrogen and oxygen atoms in total. The van der Waals surface area contributed by atoms with E-state index in [-0.39, 0.29) is 16.8 Å². The van der Waals surface area contributed by atoms with Crippen molar-refractivity contribution < 1.29 is 13.2 Å². The summed E-state index contributed by atoms with van der Waals surface area (Å²) in [4.78, 5) is 12.6. The summed E-state index contributed by atoms with van der Waals surface area (Å²) in [5.41, 5.74) is 2.39. The molecular weight excluding hydrogens is 348 g/mol. The smallest absolute Gasteiger partial charge is 0.262 e. The summed E-state index contributed by atoms with van der Waals surface area (Å²) >= 11 is 0. The maximum absolute atomic E-state index is 12.7. The summed E-state index contributed by atoms with van der Waals surface area (Å²) in [7, 11) is -3.71. The van der Waals surface area contributed by atoms with Gasteiger partial charge in [0.1, 0.15) is 0 Å². The molecule has 138 valence electrons. The number of rotatable bonds is 5. The Bertz CT molecular complexity index is 916. The highest BCUT2D eigenvalue weighted by molar-refractivity contribution is 7.92. The molecule has 0 aromatic heterocycles. The number of benzene rings is 2. The molecule has 0 bridgehead atoms. The van der Waals surface area contributed by atoms with Crippen LogP contribution in [0.25, 0.3) is 0 Å². The molecule has 0 spiro atoms. The summed E-state index contributed by atoms with van der Waals surface area (Å²) in [6.07, 6.45) is 4.29. The van der Waals surface area contributed by atoms with Gasteiger partial charge in [0.25, 0.3) is 15.9 Å². The number of sulfonamides is 1. The van der Waals surface area contributed by atoms with Gasteiger partial charge in [0.15, 0.2) is 0 Å². The molecule has 1 aliphatic rings.